The summed E-state index contributed by atoms with van der Waals surface area (Å²) in [4.78, 5) is 3.97. The van der Waals surface area contributed by atoms with Gasteiger partial charge in [0.15, 0.2) is 0 Å². The number of alkyl halides is 2. The van der Waals surface area contributed by atoms with Crippen LogP contribution in [0.5, 0.6) is 0 Å². The maximum absolute atomic E-state index is 13.9. The lowest BCUT2D eigenvalue weighted by atomic mass is 10.1. The van der Waals surface area contributed by atoms with Crippen molar-refractivity contribution in [3.63, 3.8) is 0 Å². The third-order valence-corrected chi connectivity index (χ3v) is 2.90. The number of hydrogen-bond acceptors (Lipinski definition) is 1. The SMILES string of the molecule is C[C@H](N=CC(F)(F)c1ccccc1)c1ccccc1. The predicted molar refractivity (Wildman–Crippen MR) is 73.7 cm³/mol. The molecule has 98 valence electrons. The molecule has 0 bridgehead atoms. The van der Waals surface area contributed by atoms with Gasteiger partial charge < -0.3 is 0 Å². The van der Waals surface area contributed by atoms with Crippen LogP contribution < -0.4 is 0 Å². The first kappa shape index (κ1) is 13.4. The Morgan fingerprint density at radius 1 is 0.947 bits per heavy atom. The molecule has 3 heteroatoms. The molecule has 0 spiro atoms. The first-order valence-corrected chi connectivity index (χ1v) is 6.12. The van der Waals surface area contributed by atoms with Crippen LogP contribution in [0.3, 0.4) is 0 Å². The van der Waals surface area contributed by atoms with E-state index in [1.807, 2.05) is 30.3 Å². The molecule has 0 radical (unpaired) electrons. The molecule has 0 saturated heterocycles. The monoisotopic (exact) mass is 259 g/mol. The zero-order chi connectivity index (χ0) is 13.7. The Kier molecular flexibility index (Phi) is 4.05. The molecule has 0 heterocycles. The normalized spacial score (nSPS) is 13.6. The first-order valence-electron chi connectivity index (χ1n) is 6.12. The van der Waals surface area contributed by atoms with E-state index in [4.69, 9.17) is 0 Å². The van der Waals surface area contributed by atoms with Crippen molar-refractivity contribution in [2.75, 3.05) is 0 Å². The molecule has 0 aliphatic rings. The molecule has 19 heavy (non-hydrogen) atoms. The molecule has 2 rings (SSSR count). The number of halogens is 2. The van der Waals surface area contributed by atoms with Gasteiger partial charge in [-0.25, -0.2) is 0 Å². The van der Waals surface area contributed by atoms with Crippen molar-refractivity contribution in [1.29, 1.82) is 0 Å². The molecule has 0 aliphatic carbocycles. The highest BCUT2D eigenvalue weighted by Crippen LogP contribution is 2.27. The molecule has 1 atom stereocenters. The summed E-state index contributed by atoms with van der Waals surface area (Å²) >= 11 is 0. The standard InChI is InChI=1S/C16H15F2N/c1-13(14-8-4-2-5-9-14)19-12-16(17,18)15-10-6-3-7-11-15/h2-13H,1H3/t13-/m0/s1. The Morgan fingerprint density at radius 3 is 2.05 bits per heavy atom. The maximum atomic E-state index is 13.9. The fraction of sp³-hybridized carbons (Fsp3) is 0.188. The van der Waals surface area contributed by atoms with Gasteiger partial charge in [-0.15, -0.1) is 0 Å². The summed E-state index contributed by atoms with van der Waals surface area (Å²) in [6.45, 7) is 1.80. The molecular formula is C16H15F2N. The summed E-state index contributed by atoms with van der Waals surface area (Å²) in [7, 11) is 0. The number of nitrogens with zero attached hydrogens (tertiary/aromatic N) is 1. The molecule has 0 amide bonds. The quantitative estimate of drug-likeness (QED) is 0.711. The highest BCUT2D eigenvalue weighted by Gasteiger charge is 2.28. The maximum Gasteiger partial charge on any atom is 0.307 e. The number of benzene rings is 2. The van der Waals surface area contributed by atoms with Gasteiger partial charge in [-0.1, -0.05) is 60.7 Å². The van der Waals surface area contributed by atoms with Crippen molar-refractivity contribution >= 4 is 6.21 Å². The van der Waals surface area contributed by atoms with Crippen molar-refractivity contribution in [3.8, 4) is 0 Å². The largest absolute Gasteiger partial charge is 0.307 e. The van der Waals surface area contributed by atoms with Crippen molar-refractivity contribution in [1.82, 2.24) is 0 Å². The van der Waals surface area contributed by atoms with Gasteiger partial charge in [-0.3, -0.25) is 4.99 Å². The van der Waals surface area contributed by atoms with Crippen LogP contribution in [0.1, 0.15) is 24.1 Å². The van der Waals surface area contributed by atoms with Gasteiger partial charge in [-0.2, -0.15) is 8.78 Å². The van der Waals surface area contributed by atoms with Gasteiger partial charge in [0, 0.05) is 5.56 Å². The van der Waals surface area contributed by atoms with Gasteiger partial charge >= 0.3 is 5.92 Å². The minimum atomic E-state index is -3.04. The zero-order valence-corrected chi connectivity index (χ0v) is 10.6. The van der Waals surface area contributed by atoms with E-state index in [0.29, 0.717) is 0 Å². The van der Waals surface area contributed by atoms with E-state index < -0.39 is 5.92 Å². The smallest absolute Gasteiger partial charge is 0.283 e. The summed E-state index contributed by atoms with van der Waals surface area (Å²) in [6.07, 6.45) is 0.736. The number of rotatable bonds is 4. The minimum Gasteiger partial charge on any atom is -0.283 e. The van der Waals surface area contributed by atoms with Crippen LogP contribution >= 0.6 is 0 Å². The van der Waals surface area contributed by atoms with Crippen molar-refractivity contribution < 1.29 is 8.78 Å². The van der Waals surface area contributed by atoms with E-state index in [9.17, 15) is 8.78 Å². The second-order valence-electron chi connectivity index (χ2n) is 4.35. The molecule has 0 N–H and O–H groups in total. The molecular weight excluding hydrogens is 244 g/mol. The van der Waals surface area contributed by atoms with Crippen LogP contribution in [-0.4, -0.2) is 6.21 Å². The average molecular weight is 259 g/mol. The van der Waals surface area contributed by atoms with E-state index in [0.717, 1.165) is 11.8 Å². The molecule has 0 unspecified atom stereocenters. The highest BCUT2D eigenvalue weighted by atomic mass is 19.3. The Bertz CT molecular complexity index is 535. The average Bonchev–Trinajstić information content (AvgIpc) is 2.47. The third-order valence-electron chi connectivity index (χ3n) is 2.90. The molecule has 1 nitrogen and oxygen atoms in total. The van der Waals surface area contributed by atoms with E-state index in [-0.39, 0.29) is 11.6 Å². The lowest BCUT2D eigenvalue weighted by molar-refractivity contribution is 0.0815. The predicted octanol–water partition coefficient (Wildman–Crippen LogP) is 4.61. The molecule has 0 aromatic heterocycles. The van der Waals surface area contributed by atoms with Gasteiger partial charge in [0.05, 0.1) is 12.3 Å². The molecule has 2 aromatic rings. The van der Waals surface area contributed by atoms with Gasteiger partial charge in [0.2, 0.25) is 0 Å². The van der Waals surface area contributed by atoms with Crippen LogP contribution in [0.4, 0.5) is 8.78 Å². The topological polar surface area (TPSA) is 12.4 Å². The van der Waals surface area contributed by atoms with Crippen LogP contribution in [0.25, 0.3) is 0 Å². The van der Waals surface area contributed by atoms with Crippen molar-refractivity contribution in [2.24, 2.45) is 4.99 Å². The number of aliphatic imine (C=N–C) groups is 1. The van der Waals surface area contributed by atoms with E-state index in [1.165, 1.54) is 12.1 Å². The summed E-state index contributed by atoms with van der Waals surface area (Å²) in [5, 5.41) is 0. The van der Waals surface area contributed by atoms with Crippen LogP contribution in [-0.2, 0) is 5.92 Å². The second kappa shape index (κ2) is 5.74. The Hall–Kier alpha value is -2.03. The Balaban J connectivity index is 2.14. The van der Waals surface area contributed by atoms with Gasteiger partial charge in [0.25, 0.3) is 0 Å². The molecule has 0 aliphatic heterocycles. The van der Waals surface area contributed by atoms with Crippen LogP contribution in [0.15, 0.2) is 65.7 Å². The minimum absolute atomic E-state index is 0.0426. The van der Waals surface area contributed by atoms with Crippen molar-refractivity contribution in [3.05, 3.63) is 71.8 Å². The first-order chi connectivity index (χ1) is 9.09. The summed E-state index contributed by atoms with van der Waals surface area (Å²) in [5.74, 6) is -3.04. The third kappa shape index (κ3) is 3.47. The van der Waals surface area contributed by atoms with E-state index in [2.05, 4.69) is 4.99 Å². The summed E-state index contributed by atoms with van der Waals surface area (Å²) < 4.78 is 27.8. The fourth-order valence-corrected chi connectivity index (χ4v) is 1.76. The zero-order valence-electron chi connectivity index (χ0n) is 10.6. The number of hydrogen-bond donors (Lipinski definition) is 0. The molecule has 0 fully saturated rings. The molecule has 0 saturated carbocycles. The summed E-state index contributed by atoms with van der Waals surface area (Å²) in [6, 6.07) is 16.8. The van der Waals surface area contributed by atoms with E-state index in [1.54, 1.807) is 25.1 Å². The van der Waals surface area contributed by atoms with Gasteiger partial charge in [-0.05, 0) is 12.5 Å². The van der Waals surface area contributed by atoms with E-state index >= 15 is 0 Å². The fourth-order valence-electron chi connectivity index (χ4n) is 1.76. The summed E-state index contributed by atoms with van der Waals surface area (Å²) in [5.41, 5.74) is 0.877. The van der Waals surface area contributed by atoms with Gasteiger partial charge in [0.1, 0.15) is 0 Å². The Morgan fingerprint density at radius 2 is 1.47 bits per heavy atom. The Labute approximate surface area is 111 Å². The lowest BCUT2D eigenvalue weighted by Crippen LogP contribution is -2.15. The van der Waals surface area contributed by atoms with Crippen LogP contribution in [0.2, 0.25) is 0 Å². The van der Waals surface area contributed by atoms with Crippen molar-refractivity contribution in [2.45, 2.75) is 18.9 Å². The molecule has 2 aromatic carbocycles. The highest BCUT2D eigenvalue weighted by molar-refractivity contribution is 5.69. The lowest BCUT2D eigenvalue weighted by Gasteiger charge is -2.13. The second-order valence-corrected chi connectivity index (χ2v) is 4.35. The van der Waals surface area contributed by atoms with Crippen LogP contribution in [0, 0.1) is 0 Å².